The van der Waals surface area contributed by atoms with Gasteiger partial charge < -0.3 is 25.4 Å². The summed E-state index contributed by atoms with van der Waals surface area (Å²) in [6.45, 7) is 1.97. The molecule has 3 N–H and O–H groups in total. The standard InChI is InChI=1S/C33H31N3O5S/c1-22-9-7-13-26(19-22)34-30(37)21-42-27-17-15-25(16-18-27)35-33(39)28(36-32(38)23-10-5-4-6-11-23)20-24-12-8-14-29(40-2)31(24)41-3/h4-20H,21H2,1-3H3,(H,34,37)(H,35,39)(H,36,38)/b28-20-. The van der Waals surface area contributed by atoms with E-state index in [0.717, 1.165) is 16.1 Å². The minimum atomic E-state index is -0.526. The lowest BCUT2D eigenvalue weighted by atomic mass is 10.1. The van der Waals surface area contributed by atoms with Gasteiger partial charge in [-0.05, 0) is 73.2 Å². The Hall–Kier alpha value is -5.02. The van der Waals surface area contributed by atoms with E-state index in [1.807, 2.05) is 43.3 Å². The van der Waals surface area contributed by atoms with Gasteiger partial charge in [-0.25, -0.2) is 0 Å². The highest BCUT2D eigenvalue weighted by molar-refractivity contribution is 8.00. The predicted octanol–water partition coefficient (Wildman–Crippen LogP) is 6.15. The first-order valence-electron chi connectivity index (χ1n) is 13.1. The second kappa shape index (κ2) is 14.6. The van der Waals surface area contributed by atoms with Gasteiger partial charge in [-0.3, -0.25) is 14.4 Å². The molecule has 4 aromatic carbocycles. The van der Waals surface area contributed by atoms with Crippen molar-refractivity contribution in [2.45, 2.75) is 11.8 Å². The van der Waals surface area contributed by atoms with E-state index in [1.54, 1.807) is 60.7 Å². The number of aryl methyl sites for hydroxylation is 1. The van der Waals surface area contributed by atoms with E-state index in [-0.39, 0.29) is 17.4 Å². The molecular formula is C33H31N3O5S. The fraction of sp³-hybridized carbons (Fsp3) is 0.121. The number of benzene rings is 4. The number of hydrogen-bond acceptors (Lipinski definition) is 6. The Morgan fingerprint density at radius 3 is 2.21 bits per heavy atom. The third-order valence-corrected chi connectivity index (χ3v) is 7.06. The van der Waals surface area contributed by atoms with Crippen LogP contribution in [0.5, 0.6) is 11.5 Å². The first-order valence-corrected chi connectivity index (χ1v) is 14.0. The van der Waals surface area contributed by atoms with Crippen LogP contribution in [0.25, 0.3) is 6.08 Å². The molecule has 214 valence electrons. The van der Waals surface area contributed by atoms with Crippen LogP contribution in [0.4, 0.5) is 11.4 Å². The van der Waals surface area contributed by atoms with E-state index >= 15 is 0 Å². The molecular weight excluding hydrogens is 550 g/mol. The number of ether oxygens (including phenoxy) is 2. The van der Waals surface area contributed by atoms with Crippen molar-refractivity contribution in [1.29, 1.82) is 0 Å². The van der Waals surface area contributed by atoms with E-state index in [2.05, 4.69) is 16.0 Å². The van der Waals surface area contributed by atoms with Crippen molar-refractivity contribution in [3.63, 3.8) is 0 Å². The van der Waals surface area contributed by atoms with Gasteiger partial charge >= 0.3 is 0 Å². The summed E-state index contributed by atoms with van der Waals surface area (Å²) < 4.78 is 10.9. The molecule has 0 aliphatic heterocycles. The first kappa shape index (κ1) is 30.0. The van der Waals surface area contributed by atoms with E-state index in [9.17, 15) is 14.4 Å². The van der Waals surface area contributed by atoms with Crippen LogP contribution in [0.1, 0.15) is 21.5 Å². The average Bonchev–Trinajstić information content (AvgIpc) is 3.00. The molecule has 0 aliphatic carbocycles. The average molecular weight is 582 g/mol. The van der Waals surface area contributed by atoms with Crippen molar-refractivity contribution in [3.05, 3.63) is 119 Å². The Labute approximate surface area is 249 Å². The normalized spacial score (nSPS) is 10.9. The maximum atomic E-state index is 13.4. The Morgan fingerprint density at radius 1 is 0.786 bits per heavy atom. The SMILES string of the molecule is COc1cccc(/C=C(\NC(=O)c2ccccc2)C(=O)Nc2ccc(SCC(=O)Nc3cccc(C)c3)cc2)c1OC. The van der Waals surface area contributed by atoms with Gasteiger partial charge in [0.1, 0.15) is 5.70 Å². The zero-order chi connectivity index (χ0) is 29.9. The van der Waals surface area contributed by atoms with E-state index in [4.69, 9.17) is 9.47 Å². The molecule has 0 bridgehead atoms. The summed E-state index contributed by atoms with van der Waals surface area (Å²) in [4.78, 5) is 39.6. The predicted molar refractivity (Wildman–Crippen MR) is 167 cm³/mol. The summed E-state index contributed by atoms with van der Waals surface area (Å²) in [5.74, 6) is 0.0742. The minimum Gasteiger partial charge on any atom is -0.493 e. The molecule has 4 rings (SSSR count). The zero-order valence-electron chi connectivity index (χ0n) is 23.5. The third-order valence-electron chi connectivity index (χ3n) is 6.05. The minimum absolute atomic E-state index is 0.0154. The first-order chi connectivity index (χ1) is 20.4. The topological polar surface area (TPSA) is 106 Å². The molecule has 0 radical (unpaired) electrons. The number of para-hydroxylation sites is 1. The lowest BCUT2D eigenvalue weighted by Crippen LogP contribution is -2.30. The number of nitrogens with one attached hydrogen (secondary N) is 3. The summed E-state index contributed by atoms with van der Waals surface area (Å²) in [7, 11) is 3.03. The maximum Gasteiger partial charge on any atom is 0.272 e. The number of amides is 3. The molecule has 0 fully saturated rings. The Bertz CT molecular complexity index is 1590. The molecule has 0 aliphatic rings. The lowest BCUT2D eigenvalue weighted by molar-refractivity contribution is -0.114. The fourth-order valence-electron chi connectivity index (χ4n) is 4.03. The molecule has 3 amide bonds. The molecule has 0 spiro atoms. The number of hydrogen-bond donors (Lipinski definition) is 3. The molecule has 42 heavy (non-hydrogen) atoms. The van der Waals surface area contributed by atoms with Gasteiger partial charge in [0, 0.05) is 27.4 Å². The molecule has 0 aromatic heterocycles. The third kappa shape index (κ3) is 8.25. The molecule has 0 atom stereocenters. The second-order valence-corrected chi connectivity index (χ2v) is 10.2. The molecule has 4 aromatic rings. The molecule has 9 heteroatoms. The lowest BCUT2D eigenvalue weighted by Gasteiger charge is -2.14. The number of methoxy groups -OCH3 is 2. The number of thioether (sulfide) groups is 1. The van der Waals surface area contributed by atoms with Crippen LogP contribution in [0.15, 0.2) is 108 Å². The monoisotopic (exact) mass is 581 g/mol. The molecule has 8 nitrogen and oxygen atoms in total. The number of carbonyl (C=O) groups excluding carboxylic acids is 3. The van der Waals surface area contributed by atoms with Gasteiger partial charge in [0.25, 0.3) is 11.8 Å². The van der Waals surface area contributed by atoms with Crippen molar-refractivity contribution in [2.24, 2.45) is 0 Å². The Balaban J connectivity index is 1.47. The van der Waals surface area contributed by atoms with E-state index in [0.29, 0.717) is 28.3 Å². The van der Waals surface area contributed by atoms with Crippen molar-refractivity contribution in [3.8, 4) is 11.5 Å². The number of carbonyl (C=O) groups is 3. The smallest absolute Gasteiger partial charge is 0.272 e. The Kier molecular flexibility index (Phi) is 10.4. The van der Waals surface area contributed by atoms with Crippen LogP contribution in [-0.4, -0.2) is 37.7 Å². The highest BCUT2D eigenvalue weighted by atomic mass is 32.2. The van der Waals surface area contributed by atoms with E-state index in [1.165, 1.54) is 32.1 Å². The molecule has 0 saturated heterocycles. The van der Waals surface area contributed by atoms with Crippen LogP contribution in [0.3, 0.4) is 0 Å². The summed E-state index contributed by atoms with van der Waals surface area (Å²) in [5.41, 5.74) is 3.31. The summed E-state index contributed by atoms with van der Waals surface area (Å²) in [6.07, 6.45) is 1.54. The van der Waals surface area contributed by atoms with Crippen LogP contribution in [-0.2, 0) is 9.59 Å². The zero-order valence-corrected chi connectivity index (χ0v) is 24.3. The largest absolute Gasteiger partial charge is 0.493 e. The summed E-state index contributed by atoms with van der Waals surface area (Å²) >= 11 is 1.38. The molecule has 0 saturated carbocycles. The Morgan fingerprint density at radius 2 is 1.52 bits per heavy atom. The second-order valence-electron chi connectivity index (χ2n) is 9.15. The van der Waals surface area contributed by atoms with Crippen LogP contribution in [0.2, 0.25) is 0 Å². The van der Waals surface area contributed by atoms with Gasteiger partial charge in [-0.2, -0.15) is 0 Å². The molecule has 0 unspecified atom stereocenters. The van der Waals surface area contributed by atoms with Crippen molar-refractivity contribution >= 4 is 46.9 Å². The maximum absolute atomic E-state index is 13.4. The van der Waals surface area contributed by atoms with Crippen LogP contribution >= 0.6 is 11.8 Å². The van der Waals surface area contributed by atoms with Gasteiger partial charge in [-0.1, -0.05) is 42.5 Å². The summed E-state index contributed by atoms with van der Waals surface area (Å²) in [6, 6.07) is 28.6. The quantitative estimate of drug-likeness (QED) is 0.145. The van der Waals surface area contributed by atoms with Crippen LogP contribution in [0, 0.1) is 6.92 Å². The fourth-order valence-corrected chi connectivity index (χ4v) is 4.72. The number of rotatable bonds is 11. The highest BCUT2D eigenvalue weighted by Gasteiger charge is 2.17. The molecule has 0 heterocycles. The van der Waals surface area contributed by atoms with Crippen LogP contribution < -0.4 is 25.4 Å². The van der Waals surface area contributed by atoms with Crippen molar-refractivity contribution in [2.75, 3.05) is 30.6 Å². The highest BCUT2D eigenvalue weighted by Crippen LogP contribution is 2.32. The number of anilines is 2. The van der Waals surface area contributed by atoms with E-state index < -0.39 is 11.8 Å². The van der Waals surface area contributed by atoms with Gasteiger partial charge in [0.2, 0.25) is 5.91 Å². The summed E-state index contributed by atoms with van der Waals surface area (Å²) in [5, 5.41) is 8.45. The van der Waals surface area contributed by atoms with Crippen molar-refractivity contribution in [1.82, 2.24) is 5.32 Å². The van der Waals surface area contributed by atoms with Gasteiger partial charge in [-0.15, -0.1) is 11.8 Å². The van der Waals surface area contributed by atoms with Gasteiger partial charge in [0.05, 0.1) is 20.0 Å². The van der Waals surface area contributed by atoms with Crippen molar-refractivity contribution < 1.29 is 23.9 Å². The van der Waals surface area contributed by atoms with Gasteiger partial charge in [0.15, 0.2) is 11.5 Å².